The molecule has 0 N–H and O–H groups in total. The van der Waals surface area contributed by atoms with Gasteiger partial charge in [0.1, 0.15) is 6.61 Å². The summed E-state index contributed by atoms with van der Waals surface area (Å²) in [5, 5.41) is -0.304. The maximum Gasteiger partial charge on any atom is 0.293 e. The van der Waals surface area contributed by atoms with Crippen molar-refractivity contribution in [2.24, 2.45) is 0 Å². The fourth-order valence-corrected chi connectivity index (χ4v) is 4.54. The van der Waals surface area contributed by atoms with Gasteiger partial charge in [-0.1, -0.05) is 34.0 Å². The van der Waals surface area contributed by atoms with Gasteiger partial charge in [-0.25, -0.2) is 0 Å². The van der Waals surface area contributed by atoms with Gasteiger partial charge >= 0.3 is 0 Å². The average Bonchev–Trinajstić information content (AvgIpc) is 2.94. The SMILES string of the molecule is C#CCOc1c(Br)cc(/C=C2\SC(=O)N(Cc3cccc(Br)c3)C2=O)cc1OC. The van der Waals surface area contributed by atoms with Crippen LogP contribution in [0.4, 0.5) is 4.79 Å². The Morgan fingerprint density at radius 1 is 1.24 bits per heavy atom. The number of hydrogen-bond donors (Lipinski definition) is 0. The Kier molecular flexibility index (Phi) is 7.06. The summed E-state index contributed by atoms with van der Waals surface area (Å²) in [5.41, 5.74) is 1.55. The third-order valence-electron chi connectivity index (χ3n) is 3.95. The molecule has 0 unspecified atom stereocenters. The molecule has 2 amide bonds. The summed E-state index contributed by atoms with van der Waals surface area (Å²) < 4.78 is 12.4. The zero-order chi connectivity index (χ0) is 21.0. The van der Waals surface area contributed by atoms with Crippen molar-refractivity contribution in [1.82, 2.24) is 4.90 Å². The van der Waals surface area contributed by atoms with Crippen LogP contribution in [0.3, 0.4) is 0 Å². The van der Waals surface area contributed by atoms with Crippen molar-refractivity contribution < 1.29 is 19.1 Å². The second-order valence-corrected chi connectivity index (χ2v) is 8.69. The van der Waals surface area contributed by atoms with E-state index in [1.165, 1.54) is 12.0 Å². The molecule has 1 saturated heterocycles. The van der Waals surface area contributed by atoms with Crippen molar-refractivity contribution in [3.8, 4) is 23.8 Å². The predicted molar refractivity (Wildman–Crippen MR) is 121 cm³/mol. The van der Waals surface area contributed by atoms with Crippen LogP contribution in [0.25, 0.3) is 6.08 Å². The highest BCUT2D eigenvalue weighted by atomic mass is 79.9. The Hall–Kier alpha value is -2.21. The Morgan fingerprint density at radius 3 is 2.72 bits per heavy atom. The van der Waals surface area contributed by atoms with E-state index < -0.39 is 0 Å². The maximum atomic E-state index is 12.8. The zero-order valence-electron chi connectivity index (χ0n) is 15.3. The second kappa shape index (κ2) is 9.53. The molecule has 2 aromatic carbocycles. The van der Waals surface area contributed by atoms with Crippen molar-refractivity contribution in [3.05, 3.63) is 61.4 Å². The van der Waals surface area contributed by atoms with Gasteiger partial charge in [-0.15, -0.1) is 6.42 Å². The number of amides is 2. The second-order valence-electron chi connectivity index (χ2n) is 5.92. The molecule has 2 aromatic rings. The Morgan fingerprint density at radius 2 is 2.03 bits per heavy atom. The summed E-state index contributed by atoms with van der Waals surface area (Å²) in [5.74, 6) is 3.02. The largest absolute Gasteiger partial charge is 0.493 e. The first-order valence-electron chi connectivity index (χ1n) is 8.36. The minimum atomic E-state index is -0.331. The number of imide groups is 1. The quantitative estimate of drug-likeness (QED) is 0.362. The average molecular weight is 537 g/mol. The minimum absolute atomic E-state index is 0.1000. The van der Waals surface area contributed by atoms with Gasteiger partial charge in [-0.05, 0) is 69.2 Å². The van der Waals surface area contributed by atoms with E-state index in [0.717, 1.165) is 21.8 Å². The molecule has 1 aliphatic rings. The molecule has 3 rings (SSSR count). The van der Waals surface area contributed by atoms with Crippen LogP contribution in [-0.2, 0) is 11.3 Å². The molecule has 1 aliphatic heterocycles. The summed E-state index contributed by atoms with van der Waals surface area (Å²) >= 11 is 7.74. The van der Waals surface area contributed by atoms with Gasteiger partial charge in [0, 0.05) is 4.47 Å². The molecule has 1 heterocycles. The zero-order valence-corrected chi connectivity index (χ0v) is 19.3. The number of carbonyl (C=O) groups excluding carboxylic acids is 2. The molecular weight excluding hydrogens is 522 g/mol. The lowest BCUT2D eigenvalue weighted by atomic mass is 10.1. The number of ether oxygens (including phenoxy) is 2. The lowest BCUT2D eigenvalue weighted by Crippen LogP contribution is -2.27. The van der Waals surface area contributed by atoms with E-state index in [1.807, 2.05) is 24.3 Å². The summed E-state index contributed by atoms with van der Waals surface area (Å²) in [6, 6.07) is 11.0. The standard InChI is InChI=1S/C21H15Br2NO4S/c1-3-7-28-19-16(23)9-14(10-17(19)27-2)11-18-20(25)24(21(26)29-18)12-13-5-4-6-15(22)8-13/h1,4-6,8-11H,7,12H2,2H3/b18-11-. The number of terminal acetylenes is 1. The van der Waals surface area contributed by atoms with Crippen LogP contribution in [-0.4, -0.2) is 29.8 Å². The highest BCUT2D eigenvalue weighted by Crippen LogP contribution is 2.39. The molecule has 0 aliphatic carbocycles. The monoisotopic (exact) mass is 535 g/mol. The van der Waals surface area contributed by atoms with Gasteiger partial charge in [0.15, 0.2) is 11.5 Å². The molecular formula is C21H15Br2NO4S. The number of rotatable bonds is 6. The van der Waals surface area contributed by atoms with Gasteiger partial charge in [-0.3, -0.25) is 14.5 Å². The van der Waals surface area contributed by atoms with Gasteiger partial charge in [0.25, 0.3) is 11.1 Å². The highest BCUT2D eigenvalue weighted by Gasteiger charge is 2.35. The molecule has 0 atom stereocenters. The predicted octanol–water partition coefficient (Wildman–Crippen LogP) is 5.47. The molecule has 1 fully saturated rings. The number of thioether (sulfide) groups is 1. The van der Waals surface area contributed by atoms with E-state index in [0.29, 0.717) is 26.4 Å². The first kappa shape index (κ1) is 21.5. The fourth-order valence-electron chi connectivity index (χ4n) is 2.68. The van der Waals surface area contributed by atoms with Crippen molar-refractivity contribution >= 4 is 60.8 Å². The van der Waals surface area contributed by atoms with Crippen molar-refractivity contribution in [2.75, 3.05) is 13.7 Å². The van der Waals surface area contributed by atoms with Crippen LogP contribution < -0.4 is 9.47 Å². The molecule has 0 bridgehead atoms. The van der Waals surface area contributed by atoms with Crippen molar-refractivity contribution in [1.29, 1.82) is 0 Å². The third-order valence-corrected chi connectivity index (χ3v) is 5.94. The van der Waals surface area contributed by atoms with Gasteiger partial charge in [0.2, 0.25) is 0 Å². The fraction of sp³-hybridized carbons (Fsp3) is 0.143. The van der Waals surface area contributed by atoms with Gasteiger partial charge in [-0.2, -0.15) is 0 Å². The summed E-state index contributed by atoms with van der Waals surface area (Å²) in [6.07, 6.45) is 6.90. The summed E-state index contributed by atoms with van der Waals surface area (Å²) in [7, 11) is 1.51. The van der Waals surface area contributed by atoms with E-state index in [-0.39, 0.29) is 24.3 Å². The van der Waals surface area contributed by atoms with Gasteiger partial charge < -0.3 is 9.47 Å². The minimum Gasteiger partial charge on any atom is -0.493 e. The molecule has 148 valence electrons. The Labute approximate surface area is 189 Å². The summed E-state index contributed by atoms with van der Waals surface area (Å²) in [4.78, 5) is 26.7. The van der Waals surface area contributed by atoms with E-state index in [1.54, 1.807) is 18.2 Å². The van der Waals surface area contributed by atoms with E-state index in [2.05, 4.69) is 37.8 Å². The molecule has 0 aromatic heterocycles. The molecule has 0 radical (unpaired) electrons. The van der Waals surface area contributed by atoms with Gasteiger partial charge in [0.05, 0.1) is 23.0 Å². The highest BCUT2D eigenvalue weighted by molar-refractivity contribution is 9.10. The molecule has 5 nitrogen and oxygen atoms in total. The summed E-state index contributed by atoms with van der Waals surface area (Å²) in [6.45, 7) is 0.316. The number of halogens is 2. The molecule has 0 saturated carbocycles. The normalized spacial score (nSPS) is 15.0. The van der Waals surface area contributed by atoms with E-state index in [4.69, 9.17) is 15.9 Å². The van der Waals surface area contributed by atoms with Crippen LogP contribution in [0, 0.1) is 12.3 Å². The van der Waals surface area contributed by atoms with Crippen LogP contribution in [0.5, 0.6) is 11.5 Å². The Bertz CT molecular complexity index is 1050. The third kappa shape index (κ3) is 5.04. The van der Waals surface area contributed by atoms with Crippen molar-refractivity contribution in [3.63, 3.8) is 0 Å². The van der Waals surface area contributed by atoms with Crippen LogP contribution in [0.2, 0.25) is 0 Å². The van der Waals surface area contributed by atoms with E-state index >= 15 is 0 Å². The Balaban J connectivity index is 1.85. The lowest BCUT2D eigenvalue weighted by Gasteiger charge is -2.13. The van der Waals surface area contributed by atoms with Crippen LogP contribution >= 0.6 is 43.6 Å². The number of benzene rings is 2. The lowest BCUT2D eigenvalue weighted by molar-refractivity contribution is -0.123. The van der Waals surface area contributed by atoms with Crippen LogP contribution in [0.1, 0.15) is 11.1 Å². The van der Waals surface area contributed by atoms with Crippen LogP contribution in [0.15, 0.2) is 50.2 Å². The molecule has 8 heteroatoms. The number of carbonyl (C=O) groups is 2. The van der Waals surface area contributed by atoms with E-state index in [9.17, 15) is 9.59 Å². The number of hydrogen-bond acceptors (Lipinski definition) is 5. The van der Waals surface area contributed by atoms with Crippen molar-refractivity contribution in [2.45, 2.75) is 6.54 Å². The first-order chi connectivity index (χ1) is 13.9. The first-order valence-corrected chi connectivity index (χ1v) is 10.8. The number of methoxy groups -OCH3 is 1. The number of nitrogens with zero attached hydrogens (tertiary/aromatic N) is 1. The molecule has 0 spiro atoms. The topological polar surface area (TPSA) is 55.8 Å². The smallest absolute Gasteiger partial charge is 0.293 e. The molecule has 29 heavy (non-hydrogen) atoms. The maximum absolute atomic E-state index is 12.8.